The fourth-order valence-corrected chi connectivity index (χ4v) is 2.67. The molecule has 0 saturated carbocycles. The summed E-state index contributed by atoms with van der Waals surface area (Å²) >= 11 is 0. The van der Waals surface area contributed by atoms with E-state index < -0.39 is 0 Å². The maximum atomic E-state index is 12.1. The zero-order valence-electron chi connectivity index (χ0n) is 16.2. The fourth-order valence-electron chi connectivity index (χ4n) is 2.67. The van der Waals surface area contributed by atoms with Crippen LogP contribution in [0.4, 0.5) is 0 Å². The largest absolute Gasteiger partial charge is 0.489 e. The van der Waals surface area contributed by atoms with Crippen LogP contribution >= 0.6 is 0 Å². The molecule has 0 fully saturated rings. The van der Waals surface area contributed by atoms with Gasteiger partial charge in [0.2, 0.25) is 5.91 Å². The van der Waals surface area contributed by atoms with E-state index in [4.69, 9.17) is 4.74 Å². The number of hydrazone groups is 1. The van der Waals surface area contributed by atoms with Gasteiger partial charge >= 0.3 is 0 Å². The topological polar surface area (TPSA) is 50.7 Å². The molecule has 3 rings (SSSR count). The minimum absolute atomic E-state index is 0.133. The molecular formula is C24H24N2O2. The van der Waals surface area contributed by atoms with Crippen LogP contribution in [0.25, 0.3) is 0 Å². The van der Waals surface area contributed by atoms with E-state index in [0.29, 0.717) is 13.0 Å². The number of aryl methyl sites for hydroxylation is 1. The summed E-state index contributed by atoms with van der Waals surface area (Å²) in [5.41, 5.74) is 7.57. The maximum absolute atomic E-state index is 12.1. The summed E-state index contributed by atoms with van der Waals surface area (Å²) in [6.07, 6.45) is 0.309. The molecule has 0 unspecified atom stereocenters. The lowest BCUT2D eigenvalue weighted by atomic mass is 10.1. The molecule has 0 heterocycles. The summed E-state index contributed by atoms with van der Waals surface area (Å²) in [4.78, 5) is 12.1. The second-order valence-corrected chi connectivity index (χ2v) is 6.69. The van der Waals surface area contributed by atoms with Crippen LogP contribution in [0.15, 0.2) is 84.0 Å². The van der Waals surface area contributed by atoms with E-state index in [1.165, 1.54) is 5.56 Å². The molecule has 28 heavy (non-hydrogen) atoms. The summed E-state index contributed by atoms with van der Waals surface area (Å²) in [5.74, 6) is 0.662. The van der Waals surface area contributed by atoms with Crippen LogP contribution in [0.3, 0.4) is 0 Å². The molecule has 0 saturated heterocycles. The zero-order valence-corrected chi connectivity index (χ0v) is 16.2. The Morgan fingerprint density at radius 3 is 2.25 bits per heavy atom. The second kappa shape index (κ2) is 9.51. The van der Waals surface area contributed by atoms with Gasteiger partial charge in [-0.15, -0.1) is 0 Å². The van der Waals surface area contributed by atoms with Crippen molar-refractivity contribution in [2.45, 2.75) is 26.9 Å². The van der Waals surface area contributed by atoms with E-state index >= 15 is 0 Å². The molecule has 0 aliphatic heterocycles. The molecule has 4 heteroatoms. The number of ether oxygens (including phenoxy) is 1. The van der Waals surface area contributed by atoms with Crippen molar-refractivity contribution >= 4 is 11.6 Å². The highest BCUT2D eigenvalue weighted by Gasteiger charge is 2.04. The van der Waals surface area contributed by atoms with Gasteiger partial charge in [-0.1, -0.05) is 60.2 Å². The highest BCUT2D eigenvalue weighted by atomic mass is 16.5. The van der Waals surface area contributed by atoms with Gasteiger partial charge < -0.3 is 4.74 Å². The van der Waals surface area contributed by atoms with Gasteiger partial charge in [0.25, 0.3) is 0 Å². The number of carbonyl (C=O) groups is 1. The van der Waals surface area contributed by atoms with Crippen molar-refractivity contribution in [2.75, 3.05) is 0 Å². The highest BCUT2D eigenvalue weighted by Crippen LogP contribution is 2.15. The normalized spacial score (nSPS) is 11.1. The van der Waals surface area contributed by atoms with E-state index in [0.717, 1.165) is 28.2 Å². The van der Waals surface area contributed by atoms with Crippen molar-refractivity contribution < 1.29 is 9.53 Å². The predicted molar refractivity (Wildman–Crippen MR) is 112 cm³/mol. The molecule has 0 aliphatic carbocycles. The summed E-state index contributed by atoms with van der Waals surface area (Å²) in [5, 5.41) is 4.21. The van der Waals surface area contributed by atoms with Crippen LogP contribution < -0.4 is 10.2 Å². The summed E-state index contributed by atoms with van der Waals surface area (Å²) < 4.78 is 5.79. The van der Waals surface area contributed by atoms with Crippen LogP contribution in [-0.4, -0.2) is 11.6 Å². The van der Waals surface area contributed by atoms with E-state index in [1.807, 2.05) is 92.7 Å². The average Bonchev–Trinajstić information content (AvgIpc) is 2.73. The number of hydrogen-bond acceptors (Lipinski definition) is 3. The Labute approximate surface area is 165 Å². The standard InChI is InChI=1S/C24H24N2O2/c1-18-8-10-20(11-9-18)16-24(27)26-25-19(2)22-12-14-23(15-13-22)28-17-21-6-4-3-5-7-21/h3-15H,16-17H2,1-2H3,(H,26,27). The first-order chi connectivity index (χ1) is 13.6. The van der Waals surface area contributed by atoms with E-state index in [1.54, 1.807) is 0 Å². The zero-order chi connectivity index (χ0) is 19.8. The molecule has 1 N–H and O–H groups in total. The van der Waals surface area contributed by atoms with Gasteiger partial charge in [-0.25, -0.2) is 5.43 Å². The third kappa shape index (κ3) is 5.81. The second-order valence-electron chi connectivity index (χ2n) is 6.69. The van der Waals surface area contributed by atoms with Gasteiger partial charge in [0.05, 0.1) is 12.1 Å². The van der Waals surface area contributed by atoms with Crippen molar-refractivity contribution in [3.05, 3.63) is 101 Å². The van der Waals surface area contributed by atoms with Crippen LogP contribution in [0.1, 0.15) is 29.2 Å². The minimum Gasteiger partial charge on any atom is -0.489 e. The van der Waals surface area contributed by atoms with Gasteiger partial charge in [-0.2, -0.15) is 5.10 Å². The van der Waals surface area contributed by atoms with Crippen LogP contribution in [0, 0.1) is 6.92 Å². The van der Waals surface area contributed by atoms with Crippen molar-refractivity contribution in [1.82, 2.24) is 5.43 Å². The Hall–Kier alpha value is -3.40. The van der Waals surface area contributed by atoms with Crippen LogP contribution in [-0.2, 0) is 17.8 Å². The first-order valence-corrected chi connectivity index (χ1v) is 9.26. The predicted octanol–water partition coefficient (Wildman–Crippen LogP) is 4.66. The molecule has 0 spiro atoms. The van der Waals surface area contributed by atoms with Gasteiger partial charge in [0.15, 0.2) is 0 Å². The highest BCUT2D eigenvalue weighted by molar-refractivity contribution is 5.99. The molecule has 142 valence electrons. The number of hydrogen-bond donors (Lipinski definition) is 1. The third-order valence-electron chi connectivity index (χ3n) is 4.35. The molecule has 0 radical (unpaired) electrons. The quantitative estimate of drug-likeness (QED) is 0.484. The first-order valence-electron chi connectivity index (χ1n) is 9.26. The fraction of sp³-hybridized carbons (Fsp3) is 0.167. The van der Waals surface area contributed by atoms with Crippen molar-refractivity contribution in [2.24, 2.45) is 5.10 Å². The molecule has 3 aromatic rings. The Bertz CT molecular complexity index is 931. The Morgan fingerprint density at radius 1 is 0.893 bits per heavy atom. The van der Waals surface area contributed by atoms with Crippen molar-refractivity contribution in [3.8, 4) is 5.75 Å². The average molecular weight is 372 g/mol. The third-order valence-corrected chi connectivity index (χ3v) is 4.35. The smallest absolute Gasteiger partial charge is 0.244 e. The molecule has 0 bridgehead atoms. The van der Waals surface area contributed by atoms with Crippen LogP contribution in [0.2, 0.25) is 0 Å². The Balaban J connectivity index is 1.52. The molecule has 0 aromatic heterocycles. The maximum Gasteiger partial charge on any atom is 0.244 e. The van der Waals surface area contributed by atoms with Crippen molar-refractivity contribution in [1.29, 1.82) is 0 Å². The Morgan fingerprint density at radius 2 is 1.57 bits per heavy atom. The van der Waals surface area contributed by atoms with Gasteiger partial charge in [-0.05, 0) is 54.8 Å². The molecule has 1 amide bonds. The number of amides is 1. The molecular weight excluding hydrogens is 348 g/mol. The molecule has 0 aliphatic rings. The molecule has 3 aromatic carbocycles. The van der Waals surface area contributed by atoms with Crippen molar-refractivity contribution in [3.63, 3.8) is 0 Å². The SMILES string of the molecule is CC(=NNC(=O)Cc1ccc(C)cc1)c1ccc(OCc2ccccc2)cc1. The number of nitrogens with zero attached hydrogens (tertiary/aromatic N) is 1. The number of benzene rings is 3. The van der Waals surface area contributed by atoms with Crippen LogP contribution in [0.5, 0.6) is 5.75 Å². The van der Waals surface area contributed by atoms with E-state index in [2.05, 4.69) is 10.5 Å². The van der Waals surface area contributed by atoms with Gasteiger partial charge in [0, 0.05) is 0 Å². The molecule has 0 atom stereocenters. The number of rotatable bonds is 7. The summed E-state index contributed by atoms with van der Waals surface area (Å²) in [7, 11) is 0. The van der Waals surface area contributed by atoms with E-state index in [9.17, 15) is 4.79 Å². The summed E-state index contributed by atoms with van der Waals surface area (Å²) in [6.45, 7) is 4.42. The Kier molecular flexibility index (Phi) is 6.58. The summed E-state index contributed by atoms with van der Waals surface area (Å²) in [6, 6.07) is 25.6. The first kappa shape index (κ1) is 19.4. The number of carbonyl (C=O) groups excluding carboxylic acids is 1. The lowest BCUT2D eigenvalue weighted by molar-refractivity contribution is -0.120. The van der Waals surface area contributed by atoms with E-state index in [-0.39, 0.29) is 5.91 Å². The van der Waals surface area contributed by atoms with Gasteiger partial charge in [0.1, 0.15) is 12.4 Å². The van der Waals surface area contributed by atoms with Gasteiger partial charge in [-0.3, -0.25) is 4.79 Å². The number of nitrogens with one attached hydrogen (secondary N) is 1. The lowest BCUT2D eigenvalue weighted by Crippen LogP contribution is -2.21. The molecule has 4 nitrogen and oxygen atoms in total. The monoisotopic (exact) mass is 372 g/mol. The lowest BCUT2D eigenvalue weighted by Gasteiger charge is -2.08. The minimum atomic E-state index is -0.133.